The van der Waals surface area contributed by atoms with Crippen LogP contribution in [0.4, 0.5) is 39.5 Å². The van der Waals surface area contributed by atoms with E-state index in [0.29, 0.717) is 34.6 Å². The predicted molar refractivity (Wildman–Crippen MR) is 108 cm³/mol. The van der Waals surface area contributed by atoms with Gasteiger partial charge in [-0.1, -0.05) is 0 Å². The van der Waals surface area contributed by atoms with Crippen molar-refractivity contribution in [2.45, 2.75) is 54.3 Å². The van der Waals surface area contributed by atoms with E-state index in [-0.39, 0.29) is 0 Å². The molecule has 10 heteroatoms. The predicted octanol–water partition coefficient (Wildman–Crippen LogP) is 7.44. The summed E-state index contributed by atoms with van der Waals surface area (Å²) in [6.45, 7) is 3.71. The summed E-state index contributed by atoms with van der Waals surface area (Å²) in [6, 6.07) is 0. The summed E-state index contributed by atoms with van der Waals surface area (Å²) in [5, 5.41) is 0. The summed E-state index contributed by atoms with van der Waals surface area (Å²) in [5.74, 6) is -21.2. The first-order chi connectivity index (χ1) is 15.5. The molecule has 2 aromatic rings. The van der Waals surface area contributed by atoms with Gasteiger partial charge >= 0.3 is 189 Å². The van der Waals surface area contributed by atoms with Gasteiger partial charge in [0.05, 0.1) is 0 Å². The molecule has 0 saturated heterocycles. The molecule has 0 N–H and O–H groups in total. The van der Waals surface area contributed by atoms with Crippen LogP contribution in [-0.2, 0) is 0 Å². The van der Waals surface area contributed by atoms with Crippen LogP contribution in [-0.4, -0.2) is 18.4 Å². The first kappa shape index (κ1) is 26.0. The van der Waals surface area contributed by atoms with Crippen LogP contribution in [0.5, 0.6) is 0 Å². The summed E-state index contributed by atoms with van der Waals surface area (Å²) in [5.41, 5.74) is -2.31. The summed E-state index contributed by atoms with van der Waals surface area (Å²) < 4.78 is 131. The Balaban J connectivity index is 2.42. The molecule has 1 atom stereocenters. The monoisotopic (exact) mass is 588 g/mol. The minimum absolute atomic E-state index is 0.389. The van der Waals surface area contributed by atoms with E-state index in [1.54, 1.807) is 0 Å². The SMILES string of the molecule is CCC[CH2][Sn]1([CH2]CCC)[CH]=CC(c2c(F)c(F)c(F)c(F)c2F)c2c(F)c(F)c(F)c(F)[c]21. The molecule has 0 aliphatic carbocycles. The molecule has 1 heterocycles. The Morgan fingerprint density at radius 3 is 1.42 bits per heavy atom. The third-order valence-corrected chi connectivity index (χ3v) is 19.9. The van der Waals surface area contributed by atoms with E-state index in [2.05, 4.69) is 0 Å². The number of rotatable bonds is 7. The van der Waals surface area contributed by atoms with Gasteiger partial charge in [-0.3, -0.25) is 0 Å². The van der Waals surface area contributed by atoms with Crippen molar-refractivity contribution in [1.82, 2.24) is 0 Å². The minimum atomic E-state index is -4.20. The van der Waals surface area contributed by atoms with Crippen LogP contribution < -0.4 is 3.58 Å². The maximum absolute atomic E-state index is 15.2. The second kappa shape index (κ2) is 9.91. The van der Waals surface area contributed by atoms with Gasteiger partial charge in [-0.25, -0.2) is 0 Å². The molecule has 0 aromatic heterocycles. The van der Waals surface area contributed by atoms with E-state index in [1.165, 1.54) is 4.09 Å². The molecule has 3 rings (SSSR count). The average molecular weight is 587 g/mol. The number of hydrogen-bond acceptors (Lipinski definition) is 0. The zero-order valence-corrected chi connectivity index (χ0v) is 20.7. The van der Waals surface area contributed by atoms with Crippen LogP contribution in [0.2, 0.25) is 8.87 Å². The van der Waals surface area contributed by atoms with Gasteiger partial charge < -0.3 is 0 Å². The second-order valence-electron chi connectivity index (χ2n) is 8.23. The van der Waals surface area contributed by atoms with E-state index in [1.807, 2.05) is 13.8 Å². The van der Waals surface area contributed by atoms with Gasteiger partial charge in [0.15, 0.2) is 0 Å². The van der Waals surface area contributed by atoms with Crippen molar-refractivity contribution in [2.24, 2.45) is 0 Å². The van der Waals surface area contributed by atoms with Crippen molar-refractivity contribution in [3.05, 3.63) is 73.6 Å². The van der Waals surface area contributed by atoms with Gasteiger partial charge in [-0.05, 0) is 0 Å². The molecular formula is C23H21F9Sn. The Bertz CT molecular complexity index is 1070. The van der Waals surface area contributed by atoms with Crippen molar-refractivity contribution in [1.29, 1.82) is 0 Å². The molecule has 0 spiro atoms. The van der Waals surface area contributed by atoms with E-state index in [9.17, 15) is 30.7 Å². The van der Waals surface area contributed by atoms with Crippen LogP contribution in [0, 0.1) is 52.4 Å². The summed E-state index contributed by atoms with van der Waals surface area (Å²) >= 11 is -4.20. The zero-order valence-electron chi connectivity index (χ0n) is 17.9. The fourth-order valence-corrected chi connectivity index (χ4v) is 19.2. The molecule has 33 heavy (non-hydrogen) atoms. The number of unbranched alkanes of at least 4 members (excludes halogenated alkanes) is 2. The summed E-state index contributed by atoms with van der Waals surface area (Å²) in [7, 11) is 0. The van der Waals surface area contributed by atoms with Crippen LogP contribution in [0.15, 0.2) is 10.2 Å². The van der Waals surface area contributed by atoms with Gasteiger partial charge in [0.2, 0.25) is 0 Å². The van der Waals surface area contributed by atoms with Crippen molar-refractivity contribution in [3.63, 3.8) is 0 Å². The molecule has 0 bridgehead atoms. The molecule has 0 nitrogen and oxygen atoms in total. The Hall–Kier alpha value is -1.65. The molecule has 1 aliphatic rings. The van der Waals surface area contributed by atoms with Gasteiger partial charge in [-0.2, -0.15) is 0 Å². The Labute approximate surface area is 189 Å². The summed E-state index contributed by atoms with van der Waals surface area (Å²) in [4.78, 5) is 0. The Morgan fingerprint density at radius 2 is 0.970 bits per heavy atom. The third kappa shape index (κ3) is 4.18. The zero-order chi connectivity index (χ0) is 24.7. The van der Waals surface area contributed by atoms with Crippen LogP contribution >= 0.6 is 0 Å². The molecular weight excluding hydrogens is 566 g/mol. The topological polar surface area (TPSA) is 0 Å². The standard InChI is InChI=1S/C15H3F9.2C4H9.Sn/c1-2-4(5-3-6(16)9(18)12(21)8(5)17)7-10(19)13(22)15(24)14(23)11(7)20;2*1-3-4-2;/h1-2,4H;2*1,3-4H2,2H3;. The number of halogens is 9. The van der Waals surface area contributed by atoms with E-state index < -0.39 is 91.4 Å². The van der Waals surface area contributed by atoms with E-state index in [0.717, 1.165) is 6.08 Å². The molecule has 0 fully saturated rings. The quantitative estimate of drug-likeness (QED) is 0.137. The van der Waals surface area contributed by atoms with Gasteiger partial charge in [0.1, 0.15) is 0 Å². The number of benzene rings is 2. The van der Waals surface area contributed by atoms with Gasteiger partial charge in [-0.15, -0.1) is 0 Å². The molecule has 0 radical (unpaired) electrons. The molecule has 1 unspecified atom stereocenters. The first-order valence-electron chi connectivity index (χ1n) is 10.6. The van der Waals surface area contributed by atoms with Crippen LogP contribution in [0.3, 0.4) is 0 Å². The number of allylic oxidation sites excluding steroid dienone is 1. The Morgan fingerprint density at radius 1 is 0.576 bits per heavy atom. The summed E-state index contributed by atoms with van der Waals surface area (Å²) in [6.07, 6.45) is 3.54. The third-order valence-electron chi connectivity index (χ3n) is 6.23. The van der Waals surface area contributed by atoms with Crippen molar-refractivity contribution in [3.8, 4) is 0 Å². The van der Waals surface area contributed by atoms with E-state index in [4.69, 9.17) is 0 Å². The van der Waals surface area contributed by atoms with Crippen molar-refractivity contribution in [2.75, 3.05) is 0 Å². The van der Waals surface area contributed by atoms with Crippen molar-refractivity contribution >= 4 is 22.0 Å². The average Bonchev–Trinajstić information content (AvgIpc) is 2.81. The number of hydrogen-bond donors (Lipinski definition) is 0. The molecule has 2 aromatic carbocycles. The van der Waals surface area contributed by atoms with Gasteiger partial charge in [0, 0.05) is 0 Å². The van der Waals surface area contributed by atoms with Crippen LogP contribution in [0.1, 0.15) is 56.6 Å². The maximum atomic E-state index is 15.2. The fraction of sp³-hybridized carbons (Fsp3) is 0.391. The van der Waals surface area contributed by atoms with Gasteiger partial charge in [0.25, 0.3) is 0 Å². The molecule has 1 aliphatic heterocycles. The molecule has 0 amide bonds. The molecule has 0 saturated carbocycles. The van der Waals surface area contributed by atoms with Crippen molar-refractivity contribution < 1.29 is 39.5 Å². The first-order valence-corrected chi connectivity index (χ1v) is 17.7. The molecule has 180 valence electrons. The second-order valence-corrected chi connectivity index (χ2v) is 20.1. The Kier molecular flexibility index (Phi) is 7.80. The van der Waals surface area contributed by atoms with Crippen LogP contribution in [0.25, 0.3) is 0 Å². The van der Waals surface area contributed by atoms with E-state index >= 15 is 8.78 Å². The number of fused-ring (bicyclic) bond motifs is 1. The fourth-order valence-electron chi connectivity index (χ4n) is 4.55. The normalized spacial score (nSPS) is 16.9.